The molecule has 0 radical (unpaired) electrons. The lowest BCUT2D eigenvalue weighted by Gasteiger charge is -2.17. The summed E-state index contributed by atoms with van der Waals surface area (Å²) in [6.45, 7) is 2.85. The molecule has 0 spiro atoms. The number of nitrogens with zero attached hydrogens (tertiary/aromatic N) is 3. The fraction of sp³-hybridized carbons (Fsp3) is 0.261. The summed E-state index contributed by atoms with van der Waals surface area (Å²) in [5.41, 5.74) is 1.75. The van der Waals surface area contributed by atoms with Crippen molar-refractivity contribution in [1.29, 1.82) is 0 Å². The zero-order chi connectivity index (χ0) is 22.9. The molecule has 0 saturated carbocycles. The summed E-state index contributed by atoms with van der Waals surface area (Å²) in [4.78, 5) is 23.5. The SMILES string of the molecule is CNc1cc(N2Cc3ccc(C(=O)NCc4ccccc4C(F)(F)F)cc3C2)nc(C)n1. The summed E-state index contributed by atoms with van der Waals surface area (Å²) in [5, 5.41) is 5.62. The van der Waals surface area contributed by atoms with Crippen molar-refractivity contribution in [2.24, 2.45) is 0 Å². The van der Waals surface area contributed by atoms with Gasteiger partial charge in [0.25, 0.3) is 5.91 Å². The summed E-state index contributed by atoms with van der Waals surface area (Å²) in [6, 6.07) is 12.5. The van der Waals surface area contributed by atoms with Crippen LogP contribution in [0.15, 0.2) is 48.5 Å². The summed E-state index contributed by atoms with van der Waals surface area (Å²) in [6.07, 6.45) is -4.47. The molecule has 1 amide bonds. The Morgan fingerprint density at radius 3 is 2.56 bits per heavy atom. The molecule has 6 nitrogen and oxygen atoms in total. The minimum atomic E-state index is -4.47. The van der Waals surface area contributed by atoms with Crippen LogP contribution in [0.1, 0.15) is 38.4 Å². The minimum Gasteiger partial charge on any atom is -0.373 e. The van der Waals surface area contributed by atoms with E-state index in [9.17, 15) is 18.0 Å². The predicted octanol–water partition coefficient (Wildman–Crippen LogP) is 4.30. The van der Waals surface area contributed by atoms with Gasteiger partial charge in [-0.15, -0.1) is 0 Å². The number of anilines is 2. The first-order valence-electron chi connectivity index (χ1n) is 10.1. The van der Waals surface area contributed by atoms with Crippen molar-refractivity contribution in [2.75, 3.05) is 17.3 Å². The van der Waals surface area contributed by atoms with Crippen molar-refractivity contribution >= 4 is 17.5 Å². The maximum Gasteiger partial charge on any atom is 0.416 e. The smallest absolute Gasteiger partial charge is 0.373 e. The van der Waals surface area contributed by atoms with Gasteiger partial charge >= 0.3 is 6.18 Å². The fourth-order valence-corrected chi connectivity index (χ4v) is 3.77. The number of fused-ring (bicyclic) bond motifs is 1. The summed E-state index contributed by atoms with van der Waals surface area (Å²) in [5.74, 6) is 1.75. The van der Waals surface area contributed by atoms with Gasteiger partial charge in [-0.05, 0) is 41.8 Å². The van der Waals surface area contributed by atoms with Crippen LogP contribution in [0.4, 0.5) is 24.8 Å². The van der Waals surface area contributed by atoms with E-state index >= 15 is 0 Å². The second-order valence-corrected chi connectivity index (χ2v) is 7.59. The van der Waals surface area contributed by atoms with Crippen molar-refractivity contribution in [3.8, 4) is 0 Å². The number of hydrogen-bond acceptors (Lipinski definition) is 5. The third-order valence-corrected chi connectivity index (χ3v) is 5.36. The van der Waals surface area contributed by atoms with Gasteiger partial charge in [0.15, 0.2) is 0 Å². The molecular formula is C23H22F3N5O. The van der Waals surface area contributed by atoms with Gasteiger partial charge in [0, 0.05) is 38.3 Å². The first kappa shape index (κ1) is 21.6. The van der Waals surface area contributed by atoms with Crippen LogP contribution >= 0.6 is 0 Å². The van der Waals surface area contributed by atoms with Gasteiger partial charge in [0.05, 0.1) is 5.56 Å². The minimum absolute atomic E-state index is 0.0279. The molecule has 1 aliphatic rings. The van der Waals surface area contributed by atoms with Gasteiger partial charge in [-0.1, -0.05) is 24.3 Å². The third-order valence-electron chi connectivity index (χ3n) is 5.36. The highest BCUT2D eigenvalue weighted by Gasteiger charge is 2.33. The van der Waals surface area contributed by atoms with Gasteiger partial charge < -0.3 is 15.5 Å². The van der Waals surface area contributed by atoms with E-state index in [0.29, 0.717) is 24.5 Å². The molecule has 1 aliphatic heterocycles. The molecule has 0 atom stereocenters. The van der Waals surface area contributed by atoms with E-state index in [-0.39, 0.29) is 12.1 Å². The number of halogens is 3. The Bertz CT molecular complexity index is 1160. The number of carbonyl (C=O) groups excluding carboxylic acids is 1. The molecule has 0 unspecified atom stereocenters. The van der Waals surface area contributed by atoms with Crippen LogP contribution in [0, 0.1) is 6.92 Å². The van der Waals surface area contributed by atoms with E-state index in [1.807, 2.05) is 19.1 Å². The van der Waals surface area contributed by atoms with E-state index < -0.39 is 17.6 Å². The van der Waals surface area contributed by atoms with E-state index in [2.05, 4.69) is 25.5 Å². The van der Waals surface area contributed by atoms with Gasteiger partial charge in [-0.2, -0.15) is 13.2 Å². The molecule has 32 heavy (non-hydrogen) atoms. The highest BCUT2D eigenvalue weighted by Crippen LogP contribution is 2.32. The Labute approximate surface area is 183 Å². The van der Waals surface area contributed by atoms with Gasteiger partial charge in [-0.25, -0.2) is 9.97 Å². The summed E-state index contributed by atoms with van der Waals surface area (Å²) in [7, 11) is 1.79. The average Bonchev–Trinajstić information content (AvgIpc) is 3.20. The van der Waals surface area contributed by atoms with E-state index in [0.717, 1.165) is 28.8 Å². The third kappa shape index (κ3) is 4.51. The number of benzene rings is 2. The standard InChI is InChI=1S/C23H22F3N5O/c1-14-29-20(27-2)10-21(30-14)31-12-17-8-7-15(9-18(17)13-31)22(32)28-11-16-5-3-4-6-19(16)23(24,25)26/h3-10H,11-13H2,1-2H3,(H,28,32)(H,27,29,30). The Hall–Kier alpha value is -3.62. The highest BCUT2D eigenvalue weighted by atomic mass is 19.4. The Morgan fingerprint density at radius 1 is 1.06 bits per heavy atom. The maximum absolute atomic E-state index is 13.2. The van der Waals surface area contributed by atoms with Crippen LogP contribution in [0.3, 0.4) is 0 Å². The number of alkyl halides is 3. The Balaban J connectivity index is 1.47. The van der Waals surface area contributed by atoms with Gasteiger partial charge in [-0.3, -0.25) is 4.79 Å². The summed E-state index contributed by atoms with van der Waals surface area (Å²) < 4.78 is 39.5. The van der Waals surface area contributed by atoms with Crippen molar-refractivity contribution < 1.29 is 18.0 Å². The monoisotopic (exact) mass is 441 g/mol. The first-order chi connectivity index (χ1) is 15.2. The lowest BCUT2D eigenvalue weighted by molar-refractivity contribution is -0.138. The maximum atomic E-state index is 13.2. The van der Waals surface area contributed by atoms with Crippen LogP contribution in [-0.2, 0) is 25.8 Å². The molecule has 0 aliphatic carbocycles. The van der Waals surface area contributed by atoms with Crippen LogP contribution in [0.25, 0.3) is 0 Å². The molecule has 3 aromatic rings. The zero-order valence-electron chi connectivity index (χ0n) is 17.6. The van der Waals surface area contributed by atoms with Crippen molar-refractivity contribution in [2.45, 2.75) is 32.7 Å². The number of amides is 1. The van der Waals surface area contributed by atoms with Crippen LogP contribution in [0.2, 0.25) is 0 Å². The molecule has 4 rings (SSSR count). The lowest BCUT2D eigenvalue weighted by atomic mass is 10.1. The second kappa shape index (κ2) is 8.49. The number of nitrogens with one attached hydrogen (secondary N) is 2. The molecule has 0 bridgehead atoms. The second-order valence-electron chi connectivity index (χ2n) is 7.59. The number of aromatic nitrogens is 2. The first-order valence-corrected chi connectivity index (χ1v) is 10.1. The Kier molecular flexibility index (Phi) is 5.73. The van der Waals surface area contributed by atoms with Crippen LogP contribution < -0.4 is 15.5 Å². The Morgan fingerprint density at radius 2 is 1.81 bits per heavy atom. The van der Waals surface area contributed by atoms with Crippen molar-refractivity contribution in [3.05, 3.63) is 82.2 Å². The normalized spacial score (nSPS) is 13.1. The zero-order valence-corrected chi connectivity index (χ0v) is 17.6. The van der Waals surface area contributed by atoms with Crippen molar-refractivity contribution in [1.82, 2.24) is 15.3 Å². The summed E-state index contributed by atoms with van der Waals surface area (Å²) >= 11 is 0. The predicted molar refractivity (Wildman–Crippen MR) is 115 cm³/mol. The quantitative estimate of drug-likeness (QED) is 0.618. The molecule has 166 valence electrons. The van der Waals surface area contributed by atoms with Crippen LogP contribution in [0.5, 0.6) is 0 Å². The number of aryl methyl sites for hydroxylation is 1. The van der Waals surface area contributed by atoms with Crippen LogP contribution in [-0.4, -0.2) is 22.9 Å². The van der Waals surface area contributed by atoms with Gasteiger partial charge in [0.2, 0.25) is 0 Å². The molecule has 2 aromatic carbocycles. The van der Waals surface area contributed by atoms with E-state index in [4.69, 9.17) is 0 Å². The lowest BCUT2D eigenvalue weighted by Crippen LogP contribution is -2.24. The molecule has 0 fully saturated rings. The molecule has 2 heterocycles. The largest absolute Gasteiger partial charge is 0.416 e. The molecule has 1 aromatic heterocycles. The van der Waals surface area contributed by atoms with E-state index in [1.54, 1.807) is 19.2 Å². The average molecular weight is 441 g/mol. The highest BCUT2D eigenvalue weighted by molar-refractivity contribution is 5.94. The molecular weight excluding hydrogens is 419 g/mol. The number of hydrogen-bond donors (Lipinski definition) is 2. The topological polar surface area (TPSA) is 70.2 Å². The van der Waals surface area contributed by atoms with E-state index in [1.165, 1.54) is 18.2 Å². The molecule has 2 N–H and O–H groups in total. The fourth-order valence-electron chi connectivity index (χ4n) is 3.77. The number of rotatable bonds is 5. The molecule has 9 heteroatoms. The molecule has 0 saturated heterocycles. The number of carbonyl (C=O) groups is 1. The van der Waals surface area contributed by atoms with Crippen molar-refractivity contribution in [3.63, 3.8) is 0 Å². The van der Waals surface area contributed by atoms with Gasteiger partial charge in [0.1, 0.15) is 17.5 Å².